The van der Waals surface area contributed by atoms with Crippen LogP contribution in [0.4, 0.5) is 0 Å². The van der Waals surface area contributed by atoms with Crippen molar-refractivity contribution < 1.29 is 13.5 Å². The maximum atomic E-state index is 11.6. The van der Waals surface area contributed by atoms with E-state index in [-0.39, 0.29) is 23.8 Å². The number of sulfone groups is 1. The molecule has 0 bridgehead atoms. The van der Waals surface area contributed by atoms with E-state index in [2.05, 4.69) is 5.32 Å². The zero-order chi connectivity index (χ0) is 10.9. The summed E-state index contributed by atoms with van der Waals surface area (Å²) in [6, 6.07) is 0. The van der Waals surface area contributed by atoms with Crippen LogP contribution < -0.4 is 5.32 Å². The number of aliphatic hydroxyl groups is 1. The first-order chi connectivity index (χ1) is 7.08. The number of hydrogen-bond donors (Lipinski definition) is 2. The van der Waals surface area contributed by atoms with Crippen LogP contribution in [0.15, 0.2) is 0 Å². The molecule has 0 amide bonds. The van der Waals surface area contributed by atoms with E-state index >= 15 is 0 Å². The summed E-state index contributed by atoms with van der Waals surface area (Å²) in [5, 5.41) is 12.8. The van der Waals surface area contributed by atoms with Crippen molar-refractivity contribution >= 4 is 9.84 Å². The van der Waals surface area contributed by atoms with Crippen molar-refractivity contribution in [1.29, 1.82) is 0 Å². The van der Waals surface area contributed by atoms with E-state index in [1.54, 1.807) is 0 Å². The lowest BCUT2D eigenvalue weighted by atomic mass is 9.81. The smallest absolute Gasteiger partial charge is 0.150 e. The van der Waals surface area contributed by atoms with Crippen molar-refractivity contribution in [2.45, 2.75) is 31.2 Å². The molecule has 2 aliphatic heterocycles. The van der Waals surface area contributed by atoms with Gasteiger partial charge in [0.25, 0.3) is 0 Å². The van der Waals surface area contributed by atoms with Gasteiger partial charge in [-0.05, 0) is 38.1 Å². The zero-order valence-corrected chi connectivity index (χ0v) is 9.72. The quantitative estimate of drug-likeness (QED) is 0.700. The second-order valence-corrected chi connectivity index (χ2v) is 7.03. The van der Waals surface area contributed by atoms with Crippen molar-refractivity contribution in [2.24, 2.45) is 5.92 Å². The topological polar surface area (TPSA) is 66.4 Å². The Morgan fingerprint density at radius 3 is 2.73 bits per heavy atom. The third kappa shape index (κ3) is 2.19. The molecule has 2 heterocycles. The summed E-state index contributed by atoms with van der Waals surface area (Å²) >= 11 is 0. The molecule has 2 unspecified atom stereocenters. The Balaban J connectivity index is 2.15. The molecule has 5 heteroatoms. The van der Waals surface area contributed by atoms with E-state index in [9.17, 15) is 13.5 Å². The summed E-state index contributed by atoms with van der Waals surface area (Å²) in [4.78, 5) is 0. The maximum Gasteiger partial charge on any atom is 0.150 e. The minimum atomic E-state index is -2.87. The first kappa shape index (κ1) is 11.4. The van der Waals surface area contributed by atoms with Crippen LogP contribution in [0.25, 0.3) is 0 Å². The predicted molar refractivity (Wildman–Crippen MR) is 58.4 cm³/mol. The van der Waals surface area contributed by atoms with Gasteiger partial charge in [-0.25, -0.2) is 8.42 Å². The maximum absolute atomic E-state index is 11.6. The minimum absolute atomic E-state index is 0.0627. The summed E-state index contributed by atoms with van der Waals surface area (Å²) < 4.78 is 23.1. The summed E-state index contributed by atoms with van der Waals surface area (Å²) in [5.74, 6) is 0.676. The molecule has 0 aromatic carbocycles. The molecule has 0 saturated carbocycles. The van der Waals surface area contributed by atoms with Crippen LogP contribution in [0.5, 0.6) is 0 Å². The highest BCUT2D eigenvalue weighted by Crippen LogP contribution is 2.34. The molecule has 88 valence electrons. The summed E-state index contributed by atoms with van der Waals surface area (Å²) in [6.45, 7) is 0.963. The second kappa shape index (κ2) is 4.03. The van der Waals surface area contributed by atoms with Crippen molar-refractivity contribution in [3.63, 3.8) is 0 Å². The second-order valence-electron chi connectivity index (χ2n) is 4.80. The molecule has 0 aromatic heterocycles. The van der Waals surface area contributed by atoms with E-state index in [1.165, 1.54) is 0 Å². The first-order valence-electron chi connectivity index (χ1n) is 5.64. The van der Waals surface area contributed by atoms with E-state index in [1.807, 2.05) is 0 Å². The fraction of sp³-hybridized carbons (Fsp3) is 1.00. The van der Waals surface area contributed by atoms with Gasteiger partial charge in [0.15, 0.2) is 9.84 Å². The van der Waals surface area contributed by atoms with Crippen LogP contribution in [0, 0.1) is 5.92 Å². The van der Waals surface area contributed by atoms with Crippen LogP contribution in [0.1, 0.15) is 25.7 Å². The fourth-order valence-electron chi connectivity index (χ4n) is 2.90. The van der Waals surface area contributed by atoms with Crippen molar-refractivity contribution in [1.82, 2.24) is 5.32 Å². The van der Waals surface area contributed by atoms with Crippen LogP contribution in [0.3, 0.4) is 0 Å². The SMILES string of the molecule is O=S1(=O)CCCC(C2(CO)CCCN2)C1. The molecule has 2 aliphatic rings. The van der Waals surface area contributed by atoms with Crippen LogP contribution in [0.2, 0.25) is 0 Å². The Bertz CT molecular complexity index is 320. The van der Waals surface area contributed by atoms with Gasteiger partial charge >= 0.3 is 0 Å². The summed E-state index contributed by atoms with van der Waals surface area (Å²) in [6.07, 6.45) is 3.62. The molecule has 2 saturated heterocycles. The molecule has 0 aromatic rings. The molecule has 2 atom stereocenters. The van der Waals surface area contributed by atoms with Gasteiger partial charge in [0, 0.05) is 5.54 Å². The van der Waals surface area contributed by atoms with Crippen LogP contribution in [-0.4, -0.2) is 43.7 Å². The number of rotatable bonds is 2. The molecule has 15 heavy (non-hydrogen) atoms. The van der Waals surface area contributed by atoms with Gasteiger partial charge in [0.2, 0.25) is 0 Å². The Kier molecular flexibility index (Phi) is 3.05. The monoisotopic (exact) mass is 233 g/mol. The lowest BCUT2D eigenvalue weighted by Crippen LogP contribution is -2.53. The Labute approximate surface area is 91.0 Å². The standard InChI is InChI=1S/C10H19NO3S/c12-8-10(4-2-5-11-10)9-3-1-6-15(13,14)7-9/h9,11-12H,1-8H2. The van der Waals surface area contributed by atoms with Gasteiger partial charge in [-0.15, -0.1) is 0 Å². The Morgan fingerprint density at radius 1 is 1.40 bits per heavy atom. The van der Waals surface area contributed by atoms with Crippen LogP contribution >= 0.6 is 0 Å². The number of nitrogens with one attached hydrogen (secondary N) is 1. The lowest BCUT2D eigenvalue weighted by Gasteiger charge is -2.38. The average Bonchev–Trinajstić information content (AvgIpc) is 2.65. The zero-order valence-electron chi connectivity index (χ0n) is 8.91. The van der Waals surface area contributed by atoms with Gasteiger partial charge < -0.3 is 10.4 Å². The van der Waals surface area contributed by atoms with E-state index in [0.29, 0.717) is 5.75 Å². The molecule has 2 N–H and O–H groups in total. The number of aliphatic hydroxyl groups excluding tert-OH is 1. The minimum Gasteiger partial charge on any atom is -0.394 e. The van der Waals surface area contributed by atoms with Gasteiger partial charge in [-0.2, -0.15) is 0 Å². The molecule has 0 spiro atoms. The molecular formula is C10H19NO3S. The van der Waals surface area contributed by atoms with Gasteiger partial charge in [0.05, 0.1) is 18.1 Å². The van der Waals surface area contributed by atoms with Gasteiger partial charge in [-0.1, -0.05) is 0 Å². The highest BCUT2D eigenvalue weighted by Gasteiger charge is 2.43. The highest BCUT2D eigenvalue weighted by atomic mass is 32.2. The Hall–Kier alpha value is -0.130. The summed E-state index contributed by atoms with van der Waals surface area (Å²) in [7, 11) is -2.87. The molecule has 2 rings (SSSR count). The molecule has 0 aliphatic carbocycles. The van der Waals surface area contributed by atoms with Gasteiger partial charge in [0.1, 0.15) is 0 Å². The predicted octanol–water partition coefficient (Wildman–Crippen LogP) is -0.0743. The van der Waals surface area contributed by atoms with Gasteiger partial charge in [-0.3, -0.25) is 0 Å². The van der Waals surface area contributed by atoms with E-state index < -0.39 is 9.84 Å². The number of hydrogen-bond acceptors (Lipinski definition) is 4. The molecular weight excluding hydrogens is 214 g/mol. The van der Waals surface area contributed by atoms with E-state index in [4.69, 9.17) is 0 Å². The first-order valence-corrected chi connectivity index (χ1v) is 7.46. The fourth-order valence-corrected chi connectivity index (χ4v) is 4.77. The van der Waals surface area contributed by atoms with Crippen molar-refractivity contribution in [3.05, 3.63) is 0 Å². The van der Waals surface area contributed by atoms with Crippen LogP contribution in [-0.2, 0) is 9.84 Å². The Morgan fingerprint density at radius 2 is 2.20 bits per heavy atom. The average molecular weight is 233 g/mol. The van der Waals surface area contributed by atoms with Crippen molar-refractivity contribution in [2.75, 3.05) is 24.7 Å². The molecule has 0 radical (unpaired) electrons. The third-order valence-corrected chi connectivity index (χ3v) is 5.62. The van der Waals surface area contributed by atoms with Crippen molar-refractivity contribution in [3.8, 4) is 0 Å². The molecule has 2 fully saturated rings. The highest BCUT2D eigenvalue weighted by molar-refractivity contribution is 7.91. The largest absolute Gasteiger partial charge is 0.394 e. The normalized spacial score (nSPS) is 40.5. The summed E-state index contributed by atoms with van der Waals surface area (Å²) in [5.41, 5.74) is -0.312. The third-order valence-electron chi connectivity index (χ3n) is 3.80. The lowest BCUT2D eigenvalue weighted by molar-refractivity contribution is 0.122. The molecule has 4 nitrogen and oxygen atoms in total. The van der Waals surface area contributed by atoms with E-state index in [0.717, 1.165) is 32.2 Å².